The first-order chi connectivity index (χ1) is 7.61. The summed E-state index contributed by atoms with van der Waals surface area (Å²) in [7, 11) is 0. The number of hydrogen-bond acceptors (Lipinski definition) is 2. The van der Waals surface area contributed by atoms with Crippen LogP contribution in [0.3, 0.4) is 0 Å². The van der Waals surface area contributed by atoms with E-state index >= 15 is 0 Å². The third kappa shape index (κ3) is 4.19. The van der Waals surface area contributed by atoms with Gasteiger partial charge in [-0.05, 0) is 30.9 Å². The molecule has 0 unspecified atom stereocenters. The Labute approximate surface area is 103 Å². The molecule has 0 fully saturated rings. The van der Waals surface area contributed by atoms with Crippen molar-refractivity contribution in [2.45, 2.75) is 26.7 Å². The standard InChI is InChI=1S/C13H20N2S/c1-10(2)6-5-9-15-12-8-4-3-7-11(12)13(14)16/h3-4,7-8,10,15H,5-6,9H2,1-2H3,(H2,14,16). The number of hydrogen-bond donors (Lipinski definition) is 2. The fourth-order valence-electron chi connectivity index (χ4n) is 1.59. The van der Waals surface area contributed by atoms with E-state index in [2.05, 4.69) is 19.2 Å². The molecule has 1 aromatic rings. The number of nitrogens with two attached hydrogens (primary N) is 1. The minimum atomic E-state index is 0.451. The van der Waals surface area contributed by atoms with Gasteiger partial charge in [0.25, 0.3) is 0 Å². The molecule has 0 aliphatic carbocycles. The predicted octanol–water partition coefficient (Wildman–Crippen LogP) is 3.17. The first-order valence-electron chi connectivity index (χ1n) is 5.74. The molecule has 3 N–H and O–H groups in total. The van der Waals surface area contributed by atoms with Crippen LogP contribution in [0.1, 0.15) is 32.3 Å². The van der Waals surface area contributed by atoms with E-state index in [1.165, 1.54) is 12.8 Å². The molecule has 0 aliphatic heterocycles. The summed E-state index contributed by atoms with van der Waals surface area (Å²) in [6, 6.07) is 7.91. The van der Waals surface area contributed by atoms with Gasteiger partial charge in [0, 0.05) is 17.8 Å². The molecular formula is C13H20N2S. The van der Waals surface area contributed by atoms with E-state index in [1.807, 2.05) is 24.3 Å². The summed E-state index contributed by atoms with van der Waals surface area (Å²) in [6.07, 6.45) is 2.41. The Morgan fingerprint density at radius 2 is 2.06 bits per heavy atom. The zero-order chi connectivity index (χ0) is 12.0. The molecule has 1 rings (SSSR count). The van der Waals surface area contributed by atoms with Crippen LogP contribution in [0.4, 0.5) is 5.69 Å². The average Bonchev–Trinajstić information content (AvgIpc) is 2.24. The zero-order valence-corrected chi connectivity index (χ0v) is 10.8. The summed E-state index contributed by atoms with van der Waals surface area (Å²) in [6.45, 7) is 5.45. The normalized spacial score (nSPS) is 10.4. The minimum absolute atomic E-state index is 0.451. The molecule has 0 amide bonds. The molecule has 0 heterocycles. The lowest BCUT2D eigenvalue weighted by molar-refractivity contribution is 0.567. The molecule has 0 radical (unpaired) electrons. The number of thiocarbonyl (C=S) groups is 1. The van der Waals surface area contributed by atoms with Gasteiger partial charge in [0.15, 0.2) is 0 Å². The maximum Gasteiger partial charge on any atom is 0.106 e. The van der Waals surface area contributed by atoms with Gasteiger partial charge in [-0.1, -0.05) is 38.2 Å². The molecule has 0 aromatic heterocycles. The van der Waals surface area contributed by atoms with Crippen molar-refractivity contribution in [3.05, 3.63) is 29.8 Å². The Hall–Kier alpha value is -1.09. The van der Waals surface area contributed by atoms with Crippen LogP contribution < -0.4 is 11.1 Å². The van der Waals surface area contributed by atoms with Crippen LogP contribution in [0.25, 0.3) is 0 Å². The molecule has 0 saturated heterocycles. The number of anilines is 1. The van der Waals surface area contributed by atoms with Crippen LogP contribution in [-0.4, -0.2) is 11.5 Å². The van der Waals surface area contributed by atoms with Crippen molar-refractivity contribution >= 4 is 22.9 Å². The van der Waals surface area contributed by atoms with Gasteiger partial charge in [-0.3, -0.25) is 0 Å². The number of benzene rings is 1. The van der Waals surface area contributed by atoms with Gasteiger partial charge in [-0.2, -0.15) is 0 Å². The van der Waals surface area contributed by atoms with E-state index in [0.29, 0.717) is 4.99 Å². The van der Waals surface area contributed by atoms with Gasteiger partial charge in [0.1, 0.15) is 4.99 Å². The van der Waals surface area contributed by atoms with Crippen molar-refractivity contribution in [3.8, 4) is 0 Å². The van der Waals surface area contributed by atoms with Crippen LogP contribution >= 0.6 is 12.2 Å². The Bertz CT molecular complexity index is 348. The van der Waals surface area contributed by atoms with Gasteiger partial charge in [0.2, 0.25) is 0 Å². The molecule has 2 nitrogen and oxygen atoms in total. The third-order valence-electron chi connectivity index (χ3n) is 2.47. The van der Waals surface area contributed by atoms with Crippen molar-refractivity contribution in [2.75, 3.05) is 11.9 Å². The first kappa shape index (κ1) is 13.0. The van der Waals surface area contributed by atoms with Crippen LogP contribution in [0.15, 0.2) is 24.3 Å². The molecule has 0 atom stereocenters. The Kier molecular flexibility index (Phi) is 5.26. The van der Waals surface area contributed by atoms with Gasteiger partial charge < -0.3 is 11.1 Å². The van der Waals surface area contributed by atoms with E-state index in [0.717, 1.165) is 23.7 Å². The van der Waals surface area contributed by atoms with Crippen molar-refractivity contribution in [3.63, 3.8) is 0 Å². The molecule has 16 heavy (non-hydrogen) atoms. The molecule has 0 saturated carbocycles. The molecule has 1 aromatic carbocycles. The highest BCUT2D eigenvalue weighted by atomic mass is 32.1. The van der Waals surface area contributed by atoms with Gasteiger partial charge in [0.05, 0.1) is 0 Å². The second-order valence-corrected chi connectivity index (χ2v) is 4.81. The Morgan fingerprint density at radius 3 is 2.69 bits per heavy atom. The molecule has 0 aliphatic rings. The topological polar surface area (TPSA) is 38.0 Å². The van der Waals surface area contributed by atoms with Crippen LogP contribution in [0, 0.1) is 5.92 Å². The fraction of sp³-hybridized carbons (Fsp3) is 0.462. The summed E-state index contributed by atoms with van der Waals surface area (Å²) in [5.41, 5.74) is 7.63. The SMILES string of the molecule is CC(C)CCCNc1ccccc1C(N)=S. The van der Waals surface area contributed by atoms with Crippen molar-refractivity contribution in [1.82, 2.24) is 0 Å². The van der Waals surface area contributed by atoms with Crippen LogP contribution in [-0.2, 0) is 0 Å². The van der Waals surface area contributed by atoms with Crippen molar-refractivity contribution in [2.24, 2.45) is 11.7 Å². The number of rotatable bonds is 6. The molecule has 88 valence electrons. The van der Waals surface area contributed by atoms with Gasteiger partial charge in [-0.25, -0.2) is 0 Å². The quantitative estimate of drug-likeness (QED) is 0.588. The van der Waals surface area contributed by atoms with Crippen molar-refractivity contribution in [1.29, 1.82) is 0 Å². The van der Waals surface area contributed by atoms with Crippen molar-refractivity contribution < 1.29 is 0 Å². The summed E-state index contributed by atoms with van der Waals surface area (Å²) in [4.78, 5) is 0.451. The van der Waals surface area contributed by atoms with E-state index in [1.54, 1.807) is 0 Å². The third-order valence-corrected chi connectivity index (χ3v) is 2.69. The smallest absolute Gasteiger partial charge is 0.106 e. The Balaban J connectivity index is 2.50. The lowest BCUT2D eigenvalue weighted by atomic mass is 10.1. The second-order valence-electron chi connectivity index (χ2n) is 4.37. The van der Waals surface area contributed by atoms with E-state index < -0.39 is 0 Å². The van der Waals surface area contributed by atoms with Gasteiger partial charge >= 0.3 is 0 Å². The molecular weight excluding hydrogens is 216 g/mol. The van der Waals surface area contributed by atoms with Crippen LogP contribution in [0.5, 0.6) is 0 Å². The molecule has 3 heteroatoms. The number of para-hydroxylation sites is 1. The fourth-order valence-corrected chi connectivity index (χ4v) is 1.76. The van der Waals surface area contributed by atoms with Crippen LogP contribution in [0.2, 0.25) is 0 Å². The largest absolute Gasteiger partial charge is 0.389 e. The lowest BCUT2D eigenvalue weighted by Gasteiger charge is -2.11. The highest BCUT2D eigenvalue weighted by molar-refractivity contribution is 7.80. The summed E-state index contributed by atoms with van der Waals surface area (Å²) in [5, 5.41) is 3.38. The number of nitrogens with one attached hydrogen (secondary N) is 1. The average molecular weight is 236 g/mol. The second kappa shape index (κ2) is 6.48. The van der Waals surface area contributed by atoms with E-state index in [9.17, 15) is 0 Å². The predicted molar refractivity (Wildman–Crippen MR) is 74.9 cm³/mol. The minimum Gasteiger partial charge on any atom is -0.389 e. The zero-order valence-electron chi connectivity index (χ0n) is 9.99. The highest BCUT2D eigenvalue weighted by Crippen LogP contribution is 2.15. The molecule has 0 spiro atoms. The summed E-state index contributed by atoms with van der Waals surface area (Å²) >= 11 is 5.01. The monoisotopic (exact) mass is 236 g/mol. The van der Waals surface area contributed by atoms with E-state index in [4.69, 9.17) is 18.0 Å². The lowest BCUT2D eigenvalue weighted by Crippen LogP contribution is -2.13. The molecule has 0 bridgehead atoms. The Morgan fingerprint density at radius 1 is 1.38 bits per heavy atom. The highest BCUT2D eigenvalue weighted by Gasteiger charge is 2.03. The summed E-state index contributed by atoms with van der Waals surface area (Å²) < 4.78 is 0. The summed E-state index contributed by atoms with van der Waals surface area (Å²) in [5.74, 6) is 0.757. The van der Waals surface area contributed by atoms with E-state index in [-0.39, 0.29) is 0 Å². The maximum absolute atomic E-state index is 5.66. The first-order valence-corrected chi connectivity index (χ1v) is 6.14. The van der Waals surface area contributed by atoms with Gasteiger partial charge in [-0.15, -0.1) is 0 Å². The maximum atomic E-state index is 5.66.